The van der Waals surface area contributed by atoms with Crippen LogP contribution in [-0.4, -0.2) is 34.2 Å². The standard InChI is InChI=1S/C8H10F2N3/c9-8(10)6-12-3-4-13-7(5-12)1-2-11-13/h1,8H,3-6H2. The van der Waals surface area contributed by atoms with Crippen molar-refractivity contribution in [3.63, 3.8) is 0 Å². The summed E-state index contributed by atoms with van der Waals surface area (Å²) in [6.45, 7) is 1.74. The molecule has 0 aliphatic carbocycles. The SMILES string of the molecule is FC(F)CN1CCn2n[c]cc2C1. The maximum atomic E-state index is 12.0. The summed E-state index contributed by atoms with van der Waals surface area (Å²) in [5.41, 5.74) is 0.965. The van der Waals surface area contributed by atoms with Gasteiger partial charge in [0.25, 0.3) is 6.43 Å². The van der Waals surface area contributed by atoms with Crippen LogP contribution in [0, 0.1) is 6.20 Å². The monoisotopic (exact) mass is 186 g/mol. The van der Waals surface area contributed by atoms with Gasteiger partial charge in [0.2, 0.25) is 0 Å². The summed E-state index contributed by atoms with van der Waals surface area (Å²) in [5.74, 6) is 0. The first kappa shape index (κ1) is 8.62. The molecule has 1 radical (unpaired) electrons. The highest BCUT2D eigenvalue weighted by molar-refractivity contribution is 5.01. The van der Waals surface area contributed by atoms with Crippen LogP contribution in [0.5, 0.6) is 0 Å². The number of rotatable bonds is 2. The molecule has 2 heterocycles. The number of hydrogen-bond acceptors (Lipinski definition) is 2. The van der Waals surface area contributed by atoms with Crippen LogP contribution in [0.25, 0.3) is 0 Å². The molecule has 1 aromatic heterocycles. The van der Waals surface area contributed by atoms with Crippen molar-refractivity contribution in [3.8, 4) is 0 Å². The molecule has 0 spiro atoms. The van der Waals surface area contributed by atoms with Gasteiger partial charge in [-0.1, -0.05) is 0 Å². The number of nitrogens with zero attached hydrogens (tertiary/aromatic N) is 3. The summed E-state index contributed by atoms with van der Waals surface area (Å²) in [7, 11) is 0. The average Bonchev–Trinajstić information content (AvgIpc) is 2.49. The third-order valence-corrected chi connectivity index (χ3v) is 2.15. The van der Waals surface area contributed by atoms with Crippen molar-refractivity contribution in [1.29, 1.82) is 0 Å². The Labute approximate surface area is 74.9 Å². The molecule has 0 saturated heterocycles. The fraction of sp³-hybridized carbons (Fsp3) is 0.625. The van der Waals surface area contributed by atoms with Gasteiger partial charge < -0.3 is 0 Å². The maximum Gasteiger partial charge on any atom is 0.251 e. The molecule has 13 heavy (non-hydrogen) atoms. The van der Waals surface area contributed by atoms with Crippen molar-refractivity contribution in [2.75, 3.05) is 13.1 Å². The van der Waals surface area contributed by atoms with Crippen molar-refractivity contribution < 1.29 is 8.78 Å². The Morgan fingerprint density at radius 3 is 3.15 bits per heavy atom. The van der Waals surface area contributed by atoms with E-state index in [0.29, 0.717) is 19.6 Å². The first-order valence-electron chi connectivity index (χ1n) is 4.19. The lowest BCUT2D eigenvalue weighted by Gasteiger charge is -2.26. The average molecular weight is 186 g/mol. The van der Waals surface area contributed by atoms with Gasteiger partial charge in [-0.15, -0.1) is 0 Å². The number of hydrogen-bond donors (Lipinski definition) is 0. The summed E-state index contributed by atoms with van der Waals surface area (Å²) < 4.78 is 25.9. The molecule has 0 saturated carbocycles. The third-order valence-electron chi connectivity index (χ3n) is 2.15. The zero-order valence-corrected chi connectivity index (χ0v) is 7.08. The van der Waals surface area contributed by atoms with Crippen LogP contribution in [0.1, 0.15) is 5.69 Å². The summed E-state index contributed by atoms with van der Waals surface area (Å²) in [4.78, 5) is 1.73. The van der Waals surface area contributed by atoms with Gasteiger partial charge >= 0.3 is 0 Å². The lowest BCUT2D eigenvalue weighted by molar-refractivity contribution is 0.0737. The molecule has 5 heteroatoms. The van der Waals surface area contributed by atoms with E-state index in [9.17, 15) is 8.78 Å². The molecule has 1 aliphatic heterocycles. The van der Waals surface area contributed by atoms with E-state index >= 15 is 0 Å². The number of aromatic nitrogens is 2. The minimum absolute atomic E-state index is 0.148. The lowest BCUT2D eigenvalue weighted by Crippen LogP contribution is -2.36. The summed E-state index contributed by atoms with van der Waals surface area (Å²) in [6.07, 6.45) is 0.461. The topological polar surface area (TPSA) is 21.1 Å². The minimum Gasteiger partial charge on any atom is -0.290 e. The highest BCUT2D eigenvalue weighted by atomic mass is 19.3. The smallest absolute Gasteiger partial charge is 0.251 e. The second kappa shape index (κ2) is 3.41. The first-order chi connectivity index (χ1) is 6.25. The molecule has 0 unspecified atom stereocenters. The van der Waals surface area contributed by atoms with Gasteiger partial charge in [-0.05, 0) is 6.07 Å². The molecule has 0 aromatic carbocycles. The maximum absolute atomic E-state index is 12.0. The Hall–Kier alpha value is -0.970. The van der Waals surface area contributed by atoms with Crippen LogP contribution in [0.3, 0.4) is 0 Å². The quantitative estimate of drug-likeness (QED) is 0.680. The Bertz CT molecular complexity index is 285. The van der Waals surface area contributed by atoms with Gasteiger partial charge in [-0.3, -0.25) is 9.58 Å². The van der Waals surface area contributed by atoms with E-state index in [2.05, 4.69) is 11.3 Å². The Kier molecular flexibility index (Phi) is 2.26. The molecule has 0 N–H and O–H groups in total. The molecule has 0 bridgehead atoms. The van der Waals surface area contributed by atoms with Crippen LogP contribution >= 0.6 is 0 Å². The second-order valence-corrected chi connectivity index (χ2v) is 3.11. The molecule has 0 amide bonds. The fourth-order valence-electron chi connectivity index (χ4n) is 1.53. The van der Waals surface area contributed by atoms with E-state index < -0.39 is 6.43 Å². The van der Waals surface area contributed by atoms with E-state index in [-0.39, 0.29) is 6.54 Å². The molecule has 1 aromatic rings. The fourth-order valence-corrected chi connectivity index (χ4v) is 1.53. The van der Waals surface area contributed by atoms with Gasteiger partial charge in [-0.2, -0.15) is 5.10 Å². The van der Waals surface area contributed by atoms with E-state index in [0.717, 1.165) is 5.69 Å². The molecule has 0 fully saturated rings. The van der Waals surface area contributed by atoms with Gasteiger partial charge in [0.1, 0.15) is 6.20 Å². The van der Waals surface area contributed by atoms with Crippen LogP contribution in [0.4, 0.5) is 8.78 Å². The van der Waals surface area contributed by atoms with E-state index in [1.165, 1.54) is 0 Å². The normalized spacial score (nSPS) is 17.8. The molecule has 1 aliphatic rings. The predicted octanol–water partition coefficient (Wildman–Crippen LogP) is 0.764. The molecule has 3 nitrogen and oxygen atoms in total. The zero-order valence-electron chi connectivity index (χ0n) is 7.08. The summed E-state index contributed by atoms with van der Waals surface area (Å²) in [5, 5.41) is 3.95. The second-order valence-electron chi connectivity index (χ2n) is 3.11. The van der Waals surface area contributed by atoms with E-state index in [1.807, 2.05) is 4.68 Å². The van der Waals surface area contributed by atoms with Crippen molar-refractivity contribution in [1.82, 2.24) is 14.7 Å². The molecule has 0 atom stereocenters. The predicted molar refractivity (Wildman–Crippen MR) is 42.3 cm³/mol. The van der Waals surface area contributed by atoms with Crippen molar-refractivity contribution in [2.24, 2.45) is 0 Å². The Balaban J connectivity index is 2.00. The van der Waals surface area contributed by atoms with Crippen molar-refractivity contribution in [2.45, 2.75) is 19.5 Å². The van der Waals surface area contributed by atoms with E-state index in [1.54, 1.807) is 11.0 Å². The van der Waals surface area contributed by atoms with E-state index in [4.69, 9.17) is 0 Å². The molecular weight excluding hydrogens is 176 g/mol. The third kappa shape index (κ3) is 1.85. The lowest BCUT2D eigenvalue weighted by atomic mass is 10.3. The Morgan fingerprint density at radius 2 is 2.38 bits per heavy atom. The first-order valence-corrected chi connectivity index (χ1v) is 4.19. The highest BCUT2D eigenvalue weighted by Gasteiger charge is 2.18. The minimum atomic E-state index is -2.25. The Morgan fingerprint density at radius 1 is 1.54 bits per heavy atom. The number of halogens is 2. The molecule has 2 rings (SSSR count). The number of fused-ring (bicyclic) bond motifs is 1. The summed E-state index contributed by atoms with van der Waals surface area (Å²) >= 11 is 0. The molecular formula is C8H10F2N3. The van der Waals surface area contributed by atoms with Gasteiger partial charge in [-0.25, -0.2) is 8.78 Å². The summed E-state index contributed by atoms with van der Waals surface area (Å²) in [6, 6.07) is 1.75. The van der Waals surface area contributed by atoms with Gasteiger partial charge in [0.05, 0.1) is 18.8 Å². The van der Waals surface area contributed by atoms with Crippen LogP contribution in [-0.2, 0) is 13.1 Å². The largest absolute Gasteiger partial charge is 0.290 e. The van der Waals surface area contributed by atoms with Crippen LogP contribution in [0.15, 0.2) is 6.07 Å². The van der Waals surface area contributed by atoms with Crippen LogP contribution in [0.2, 0.25) is 0 Å². The van der Waals surface area contributed by atoms with Crippen molar-refractivity contribution in [3.05, 3.63) is 18.0 Å². The molecule has 71 valence electrons. The van der Waals surface area contributed by atoms with Crippen molar-refractivity contribution >= 4 is 0 Å². The number of alkyl halides is 2. The van der Waals surface area contributed by atoms with Crippen LogP contribution < -0.4 is 0 Å². The van der Waals surface area contributed by atoms with Gasteiger partial charge in [0.15, 0.2) is 0 Å². The van der Waals surface area contributed by atoms with Gasteiger partial charge in [0, 0.05) is 13.1 Å². The highest BCUT2D eigenvalue weighted by Crippen LogP contribution is 2.11. The zero-order chi connectivity index (χ0) is 9.26.